The van der Waals surface area contributed by atoms with E-state index in [0.717, 1.165) is 0 Å². The second-order valence-corrected chi connectivity index (χ2v) is 3.05. The maximum Gasteiger partial charge on any atom is 0.310 e. The van der Waals surface area contributed by atoms with Crippen molar-refractivity contribution in [2.24, 2.45) is 0 Å². The molecular formula is C10H14N2O3. The molecule has 15 heavy (non-hydrogen) atoms. The summed E-state index contributed by atoms with van der Waals surface area (Å²) in [6.45, 7) is 0. The monoisotopic (exact) mass is 210 g/mol. The minimum atomic E-state index is -0.350. The van der Waals surface area contributed by atoms with Crippen LogP contribution in [-0.2, 0) is 16.0 Å². The van der Waals surface area contributed by atoms with Crippen LogP contribution in [0, 0.1) is 0 Å². The molecule has 1 rings (SSSR count). The van der Waals surface area contributed by atoms with Gasteiger partial charge in [0.15, 0.2) is 0 Å². The van der Waals surface area contributed by atoms with Gasteiger partial charge in [-0.05, 0) is 6.07 Å². The third-order valence-corrected chi connectivity index (χ3v) is 2.05. The zero-order valence-corrected chi connectivity index (χ0v) is 8.74. The Labute approximate surface area is 88.0 Å². The minimum Gasteiger partial charge on any atom is -0.496 e. The number of carbonyl (C=O) groups excluding carboxylic acids is 1. The number of esters is 1. The molecule has 0 fully saturated rings. The molecule has 5 nitrogen and oxygen atoms in total. The fraction of sp³-hybridized carbons (Fsp3) is 0.300. The van der Waals surface area contributed by atoms with Crippen LogP contribution in [0.25, 0.3) is 0 Å². The lowest BCUT2D eigenvalue weighted by molar-refractivity contribution is -0.139. The van der Waals surface area contributed by atoms with Crippen molar-refractivity contribution in [1.82, 2.24) is 0 Å². The number of methoxy groups -OCH3 is 2. The van der Waals surface area contributed by atoms with E-state index in [1.54, 1.807) is 12.1 Å². The second kappa shape index (κ2) is 4.54. The Morgan fingerprint density at radius 2 is 1.87 bits per heavy atom. The van der Waals surface area contributed by atoms with Crippen molar-refractivity contribution in [1.29, 1.82) is 0 Å². The number of benzene rings is 1. The first-order valence-corrected chi connectivity index (χ1v) is 4.37. The standard InChI is InChI=1S/C10H14N2O3/c1-14-9-5-8(12)7(11)3-6(9)4-10(13)15-2/h3,5H,4,11-12H2,1-2H3. The summed E-state index contributed by atoms with van der Waals surface area (Å²) in [5, 5.41) is 0. The van der Waals surface area contributed by atoms with Crippen LogP contribution in [-0.4, -0.2) is 20.2 Å². The van der Waals surface area contributed by atoms with Crippen LogP contribution in [0.3, 0.4) is 0 Å². The predicted molar refractivity (Wildman–Crippen MR) is 57.5 cm³/mol. The fourth-order valence-corrected chi connectivity index (χ4v) is 1.22. The van der Waals surface area contributed by atoms with E-state index >= 15 is 0 Å². The average Bonchev–Trinajstić information content (AvgIpc) is 2.22. The zero-order chi connectivity index (χ0) is 11.4. The second-order valence-electron chi connectivity index (χ2n) is 3.05. The molecule has 1 aromatic rings. The third-order valence-electron chi connectivity index (χ3n) is 2.05. The first-order valence-electron chi connectivity index (χ1n) is 4.37. The quantitative estimate of drug-likeness (QED) is 0.562. The van der Waals surface area contributed by atoms with Gasteiger partial charge >= 0.3 is 5.97 Å². The van der Waals surface area contributed by atoms with E-state index in [-0.39, 0.29) is 12.4 Å². The SMILES string of the molecule is COC(=O)Cc1cc(N)c(N)cc1OC. The first-order chi connectivity index (χ1) is 7.08. The van der Waals surface area contributed by atoms with Crippen molar-refractivity contribution < 1.29 is 14.3 Å². The Hall–Kier alpha value is -1.91. The van der Waals surface area contributed by atoms with Gasteiger partial charge in [0.25, 0.3) is 0 Å². The van der Waals surface area contributed by atoms with Crippen molar-refractivity contribution in [3.8, 4) is 5.75 Å². The van der Waals surface area contributed by atoms with E-state index in [1.165, 1.54) is 14.2 Å². The summed E-state index contributed by atoms with van der Waals surface area (Å²) in [7, 11) is 2.83. The van der Waals surface area contributed by atoms with E-state index in [2.05, 4.69) is 4.74 Å². The van der Waals surface area contributed by atoms with E-state index in [9.17, 15) is 4.79 Å². The van der Waals surface area contributed by atoms with Gasteiger partial charge in [-0.15, -0.1) is 0 Å². The van der Waals surface area contributed by atoms with Gasteiger partial charge in [0.1, 0.15) is 5.75 Å². The van der Waals surface area contributed by atoms with Gasteiger partial charge in [-0.3, -0.25) is 4.79 Å². The van der Waals surface area contributed by atoms with Crippen LogP contribution >= 0.6 is 0 Å². The van der Waals surface area contributed by atoms with Crippen molar-refractivity contribution in [3.63, 3.8) is 0 Å². The van der Waals surface area contributed by atoms with Gasteiger partial charge in [-0.25, -0.2) is 0 Å². The third kappa shape index (κ3) is 2.52. The fourth-order valence-electron chi connectivity index (χ4n) is 1.22. The number of nitrogen functional groups attached to an aromatic ring is 2. The highest BCUT2D eigenvalue weighted by molar-refractivity contribution is 5.76. The maximum atomic E-state index is 11.1. The predicted octanol–water partition coefficient (Wildman–Crippen LogP) is 0.575. The van der Waals surface area contributed by atoms with Crippen LogP contribution < -0.4 is 16.2 Å². The molecule has 5 heteroatoms. The minimum absolute atomic E-state index is 0.115. The molecule has 0 atom stereocenters. The van der Waals surface area contributed by atoms with Crippen LogP contribution in [0.2, 0.25) is 0 Å². The van der Waals surface area contributed by atoms with Crippen LogP contribution in [0.15, 0.2) is 12.1 Å². The molecular weight excluding hydrogens is 196 g/mol. The summed E-state index contributed by atoms with van der Waals surface area (Å²) in [4.78, 5) is 11.1. The molecule has 0 aliphatic heterocycles. The number of hydrogen-bond acceptors (Lipinski definition) is 5. The average molecular weight is 210 g/mol. The van der Waals surface area contributed by atoms with Gasteiger partial charge in [0, 0.05) is 11.6 Å². The zero-order valence-electron chi connectivity index (χ0n) is 8.74. The highest BCUT2D eigenvalue weighted by atomic mass is 16.5. The number of hydrogen-bond donors (Lipinski definition) is 2. The number of rotatable bonds is 3. The summed E-state index contributed by atoms with van der Waals surface area (Å²) in [5.74, 6) is 0.185. The van der Waals surface area contributed by atoms with Gasteiger partial charge in [0.05, 0.1) is 32.0 Å². The molecule has 0 bridgehead atoms. The Balaban J connectivity index is 3.05. The van der Waals surface area contributed by atoms with Gasteiger partial charge in [-0.1, -0.05) is 0 Å². The van der Waals surface area contributed by atoms with Crippen LogP contribution in [0.4, 0.5) is 11.4 Å². The van der Waals surface area contributed by atoms with Crippen molar-refractivity contribution in [3.05, 3.63) is 17.7 Å². The lowest BCUT2D eigenvalue weighted by Crippen LogP contribution is -2.07. The molecule has 0 unspecified atom stereocenters. The largest absolute Gasteiger partial charge is 0.496 e. The molecule has 0 aromatic heterocycles. The van der Waals surface area contributed by atoms with E-state index in [4.69, 9.17) is 16.2 Å². The van der Waals surface area contributed by atoms with Gasteiger partial charge in [-0.2, -0.15) is 0 Å². The van der Waals surface area contributed by atoms with E-state index < -0.39 is 0 Å². The molecule has 1 aromatic carbocycles. The Morgan fingerprint density at radius 3 is 2.40 bits per heavy atom. The molecule has 0 saturated heterocycles. The lowest BCUT2D eigenvalue weighted by atomic mass is 10.1. The first kappa shape index (κ1) is 11.2. The molecule has 0 aliphatic carbocycles. The summed E-state index contributed by atoms with van der Waals surface area (Å²) in [5.41, 5.74) is 12.8. The van der Waals surface area contributed by atoms with Crippen molar-refractivity contribution >= 4 is 17.3 Å². The molecule has 0 amide bonds. The number of nitrogens with two attached hydrogens (primary N) is 2. The van der Waals surface area contributed by atoms with E-state index in [0.29, 0.717) is 22.7 Å². The van der Waals surface area contributed by atoms with Gasteiger partial charge in [0.2, 0.25) is 0 Å². The highest BCUT2D eigenvalue weighted by Crippen LogP contribution is 2.27. The smallest absolute Gasteiger partial charge is 0.310 e. The molecule has 4 N–H and O–H groups in total. The van der Waals surface area contributed by atoms with Crippen LogP contribution in [0.5, 0.6) is 5.75 Å². The van der Waals surface area contributed by atoms with Gasteiger partial charge < -0.3 is 20.9 Å². The Morgan fingerprint density at radius 1 is 1.27 bits per heavy atom. The summed E-state index contributed by atoms with van der Waals surface area (Å²) < 4.78 is 9.64. The summed E-state index contributed by atoms with van der Waals surface area (Å²) in [6, 6.07) is 3.21. The Bertz CT molecular complexity index is 377. The molecule has 0 spiro atoms. The summed E-state index contributed by atoms with van der Waals surface area (Å²) in [6.07, 6.45) is 0.115. The molecule has 82 valence electrons. The molecule has 0 aliphatic rings. The topological polar surface area (TPSA) is 87.6 Å². The molecule has 0 radical (unpaired) electrons. The normalized spacial score (nSPS) is 9.73. The Kier molecular flexibility index (Phi) is 3.38. The van der Waals surface area contributed by atoms with Crippen LogP contribution in [0.1, 0.15) is 5.56 Å². The maximum absolute atomic E-state index is 11.1. The number of anilines is 2. The number of carbonyl (C=O) groups is 1. The van der Waals surface area contributed by atoms with Crippen molar-refractivity contribution in [2.45, 2.75) is 6.42 Å². The van der Waals surface area contributed by atoms with Crippen molar-refractivity contribution in [2.75, 3.05) is 25.7 Å². The van der Waals surface area contributed by atoms with E-state index in [1.807, 2.05) is 0 Å². The molecule has 0 saturated carbocycles. The summed E-state index contributed by atoms with van der Waals surface area (Å²) >= 11 is 0. The lowest BCUT2D eigenvalue weighted by Gasteiger charge is -2.10. The highest BCUT2D eigenvalue weighted by Gasteiger charge is 2.11. The number of ether oxygens (including phenoxy) is 2. The molecule has 0 heterocycles.